The summed E-state index contributed by atoms with van der Waals surface area (Å²) < 4.78 is 12.3. The number of aromatic nitrogens is 2. The number of benzene rings is 1. The Morgan fingerprint density at radius 3 is 2.74 bits per heavy atom. The van der Waals surface area contributed by atoms with Gasteiger partial charge in [-0.25, -0.2) is 4.79 Å². The summed E-state index contributed by atoms with van der Waals surface area (Å²) in [5, 5.41) is 9.75. The van der Waals surface area contributed by atoms with Gasteiger partial charge >= 0.3 is 6.03 Å². The van der Waals surface area contributed by atoms with Crippen LogP contribution in [0.1, 0.15) is 25.5 Å². The Kier molecular flexibility index (Phi) is 5.46. The van der Waals surface area contributed by atoms with Crippen molar-refractivity contribution in [2.75, 3.05) is 19.5 Å². The Labute approximate surface area is 135 Å². The zero-order valence-electron chi connectivity index (χ0n) is 13.8. The molecule has 1 unspecified atom stereocenters. The molecular formula is C16H22N4O3. The van der Waals surface area contributed by atoms with Gasteiger partial charge in [-0.3, -0.25) is 4.68 Å². The number of methoxy groups -OCH3 is 2. The normalized spacial score (nSPS) is 11.7. The molecule has 0 spiro atoms. The third-order valence-electron chi connectivity index (χ3n) is 3.47. The highest BCUT2D eigenvalue weighted by atomic mass is 16.5. The molecule has 0 aliphatic carbocycles. The molecule has 1 heterocycles. The first-order valence-corrected chi connectivity index (χ1v) is 7.39. The van der Waals surface area contributed by atoms with Gasteiger partial charge in [0.15, 0.2) is 0 Å². The smallest absolute Gasteiger partial charge is 0.319 e. The van der Waals surface area contributed by atoms with Gasteiger partial charge in [-0.2, -0.15) is 5.10 Å². The van der Waals surface area contributed by atoms with Gasteiger partial charge < -0.3 is 20.1 Å². The van der Waals surface area contributed by atoms with E-state index in [9.17, 15) is 4.79 Å². The maximum Gasteiger partial charge on any atom is 0.319 e. The Balaban J connectivity index is 2.05. The lowest BCUT2D eigenvalue weighted by Gasteiger charge is -2.18. The first kappa shape index (κ1) is 16.7. The van der Waals surface area contributed by atoms with Crippen molar-refractivity contribution in [3.63, 3.8) is 0 Å². The van der Waals surface area contributed by atoms with Gasteiger partial charge in [-0.05, 0) is 32.0 Å². The summed E-state index contributed by atoms with van der Waals surface area (Å²) >= 11 is 0. The number of carbonyl (C=O) groups is 1. The summed E-state index contributed by atoms with van der Waals surface area (Å²) in [5.74, 6) is 1.40. The summed E-state index contributed by atoms with van der Waals surface area (Å²) in [6.07, 6.45) is 3.39. The molecular weight excluding hydrogens is 296 g/mol. The minimum Gasteiger partial charge on any atom is -0.497 e. The summed E-state index contributed by atoms with van der Waals surface area (Å²) in [5.41, 5.74) is 1.49. The van der Waals surface area contributed by atoms with Gasteiger partial charge in [0.2, 0.25) is 0 Å². The van der Waals surface area contributed by atoms with Crippen LogP contribution in [-0.2, 0) is 6.54 Å². The van der Waals surface area contributed by atoms with Gasteiger partial charge in [0, 0.05) is 18.3 Å². The van der Waals surface area contributed by atoms with Crippen molar-refractivity contribution in [3.8, 4) is 11.5 Å². The van der Waals surface area contributed by atoms with E-state index in [1.165, 1.54) is 0 Å². The molecule has 124 valence electrons. The number of nitrogens with one attached hydrogen (secondary N) is 2. The lowest BCUT2D eigenvalue weighted by Crippen LogP contribution is -2.31. The van der Waals surface area contributed by atoms with Crippen molar-refractivity contribution in [2.24, 2.45) is 0 Å². The first-order valence-electron chi connectivity index (χ1n) is 7.39. The van der Waals surface area contributed by atoms with E-state index in [1.54, 1.807) is 31.3 Å². The highest BCUT2D eigenvalue weighted by molar-refractivity contribution is 5.89. The predicted molar refractivity (Wildman–Crippen MR) is 88.0 cm³/mol. The van der Waals surface area contributed by atoms with Crippen molar-refractivity contribution in [3.05, 3.63) is 36.2 Å². The first-order chi connectivity index (χ1) is 11.1. The van der Waals surface area contributed by atoms with E-state index in [-0.39, 0.29) is 12.1 Å². The number of aryl methyl sites for hydroxylation is 1. The minimum atomic E-state index is -0.307. The van der Waals surface area contributed by atoms with Crippen LogP contribution in [0.4, 0.5) is 10.5 Å². The molecule has 0 aliphatic heterocycles. The number of hydrogen-bond donors (Lipinski definition) is 2. The van der Waals surface area contributed by atoms with Gasteiger partial charge in [0.25, 0.3) is 0 Å². The second kappa shape index (κ2) is 7.53. The van der Waals surface area contributed by atoms with Gasteiger partial charge in [-0.1, -0.05) is 0 Å². The SMILES string of the molecule is CCn1cc(NC(=O)NC(C)c2cc(OC)ccc2OC)cn1. The Hall–Kier alpha value is -2.70. The molecule has 0 saturated carbocycles. The molecule has 7 nitrogen and oxygen atoms in total. The molecule has 2 aromatic rings. The van der Waals surface area contributed by atoms with E-state index < -0.39 is 0 Å². The highest BCUT2D eigenvalue weighted by Crippen LogP contribution is 2.29. The highest BCUT2D eigenvalue weighted by Gasteiger charge is 2.15. The number of amides is 2. The number of carbonyl (C=O) groups excluding carboxylic acids is 1. The van der Waals surface area contributed by atoms with E-state index >= 15 is 0 Å². The monoisotopic (exact) mass is 318 g/mol. The maximum atomic E-state index is 12.1. The van der Waals surface area contributed by atoms with Crippen LogP contribution >= 0.6 is 0 Å². The number of nitrogens with zero attached hydrogens (tertiary/aromatic N) is 2. The van der Waals surface area contributed by atoms with Crippen LogP contribution in [0.25, 0.3) is 0 Å². The molecule has 0 fully saturated rings. The van der Waals surface area contributed by atoms with E-state index in [4.69, 9.17) is 9.47 Å². The number of anilines is 1. The van der Waals surface area contributed by atoms with E-state index in [2.05, 4.69) is 15.7 Å². The lowest BCUT2D eigenvalue weighted by molar-refractivity contribution is 0.249. The molecule has 1 aromatic carbocycles. The van der Waals surface area contributed by atoms with Crippen LogP contribution in [0.3, 0.4) is 0 Å². The molecule has 7 heteroatoms. The number of ether oxygens (including phenoxy) is 2. The number of hydrogen-bond acceptors (Lipinski definition) is 4. The summed E-state index contributed by atoms with van der Waals surface area (Å²) in [6.45, 7) is 4.61. The molecule has 0 bridgehead atoms. The van der Waals surface area contributed by atoms with E-state index in [0.717, 1.165) is 12.1 Å². The van der Waals surface area contributed by atoms with Crippen LogP contribution in [0.5, 0.6) is 11.5 Å². The minimum absolute atomic E-state index is 0.249. The average molecular weight is 318 g/mol. The summed E-state index contributed by atoms with van der Waals surface area (Å²) in [6, 6.07) is 4.92. The maximum absolute atomic E-state index is 12.1. The molecule has 1 aromatic heterocycles. The lowest BCUT2D eigenvalue weighted by atomic mass is 10.1. The largest absolute Gasteiger partial charge is 0.497 e. The molecule has 2 rings (SSSR count). The number of rotatable bonds is 6. The second-order valence-corrected chi connectivity index (χ2v) is 5.01. The van der Waals surface area contributed by atoms with Gasteiger partial charge in [-0.15, -0.1) is 0 Å². The van der Waals surface area contributed by atoms with Crippen molar-refractivity contribution < 1.29 is 14.3 Å². The zero-order chi connectivity index (χ0) is 16.8. The molecule has 2 N–H and O–H groups in total. The van der Waals surface area contributed by atoms with Crippen molar-refractivity contribution in [1.29, 1.82) is 0 Å². The van der Waals surface area contributed by atoms with Crippen molar-refractivity contribution >= 4 is 11.7 Å². The van der Waals surface area contributed by atoms with E-state index in [0.29, 0.717) is 17.2 Å². The van der Waals surface area contributed by atoms with Crippen molar-refractivity contribution in [2.45, 2.75) is 26.4 Å². The van der Waals surface area contributed by atoms with Crippen LogP contribution in [-0.4, -0.2) is 30.0 Å². The third kappa shape index (κ3) is 4.15. The molecule has 23 heavy (non-hydrogen) atoms. The average Bonchev–Trinajstić information content (AvgIpc) is 3.01. The van der Waals surface area contributed by atoms with Gasteiger partial charge in [0.05, 0.1) is 32.1 Å². The van der Waals surface area contributed by atoms with Crippen LogP contribution in [0.2, 0.25) is 0 Å². The fraction of sp³-hybridized carbons (Fsp3) is 0.375. The molecule has 0 saturated heterocycles. The van der Waals surface area contributed by atoms with Crippen molar-refractivity contribution in [1.82, 2.24) is 15.1 Å². The Bertz CT molecular complexity index is 669. The zero-order valence-corrected chi connectivity index (χ0v) is 13.8. The Morgan fingerprint density at radius 1 is 1.35 bits per heavy atom. The molecule has 0 aliphatic rings. The molecule has 1 atom stereocenters. The predicted octanol–water partition coefficient (Wildman–Crippen LogP) is 2.80. The summed E-state index contributed by atoms with van der Waals surface area (Å²) in [4.78, 5) is 12.1. The van der Waals surface area contributed by atoms with Crippen LogP contribution in [0, 0.1) is 0 Å². The third-order valence-corrected chi connectivity index (χ3v) is 3.47. The van der Waals surface area contributed by atoms with Crippen LogP contribution < -0.4 is 20.1 Å². The quantitative estimate of drug-likeness (QED) is 0.858. The van der Waals surface area contributed by atoms with Gasteiger partial charge in [0.1, 0.15) is 11.5 Å². The van der Waals surface area contributed by atoms with E-state index in [1.807, 2.05) is 32.0 Å². The standard InChI is InChI=1S/C16H22N4O3/c1-5-20-10-12(9-17-20)19-16(21)18-11(2)14-8-13(22-3)6-7-15(14)23-4/h6-11H,5H2,1-4H3,(H2,18,19,21). The number of urea groups is 1. The molecule has 0 radical (unpaired) electrons. The summed E-state index contributed by atoms with van der Waals surface area (Å²) in [7, 11) is 3.19. The fourth-order valence-corrected chi connectivity index (χ4v) is 2.22. The second-order valence-electron chi connectivity index (χ2n) is 5.01. The Morgan fingerprint density at radius 2 is 2.13 bits per heavy atom. The molecule has 2 amide bonds. The fourth-order valence-electron chi connectivity index (χ4n) is 2.22. The topological polar surface area (TPSA) is 77.4 Å². The van der Waals surface area contributed by atoms with Crippen LogP contribution in [0.15, 0.2) is 30.6 Å².